The summed E-state index contributed by atoms with van der Waals surface area (Å²) in [5.74, 6) is 0.600. The topological polar surface area (TPSA) is 38.3 Å². The third-order valence-electron chi connectivity index (χ3n) is 4.15. The smallest absolute Gasteiger partial charge is 0.265 e. The number of ether oxygens (including phenoxy) is 1. The Morgan fingerprint density at radius 1 is 1.04 bits per heavy atom. The van der Waals surface area contributed by atoms with Gasteiger partial charge in [-0.15, -0.1) is 0 Å². The lowest BCUT2D eigenvalue weighted by Gasteiger charge is -2.21. The van der Waals surface area contributed by atoms with Crippen LogP contribution in [0.15, 0.2) is 42.5 Å². The van der Waals surface area contributed by atoms with Crippen molar-refractivity contribution in [2.24, 2.45) is 0 Å². The van der Waals surface area contributed by atoms with E-state index in [0.717, 1.165) is 22.6 Å². The SMILES string of the molecule is CC[C@@H](Oc1ccc(C(C)(C)C)cc1)C(=O)Nc1cc(C)cc(C)c1. The van der Waals surface area contributed by atoms with Crippen LogP contribution < -0.4 is 10.1 Å². The fourth-order valence-electron chi connectivity index (χ4n) is 2.79. The number of carbonyl (C=O) groups is 1. The number of anilines is 1. The van der Waals surface area contributed by atoms with Gasteiger partial charge in [0.1, 0.15) is 5.75 Å². The number of hydrogen-bond acceptors (Lipinski definition) is 2. The van der Waals surface area contributed by atoms with Crippen LogP contribution >= 0.6 is 0 Å². The molecule has 0 unspecified atom stereocenters. The predicted octanol–water partition coefficient (Wildman–Crippen LogP) is 5.40. The van der Waals surface area contributed by atoms with Crippen LogP contribution in [0.25, 0.3) is 0 Å². The average molecular weight is 339 g/mol. The second kappa shape index (κ2) is 7.73. The molecule has 3 heteroatoms. The Morgan fingerprint density at radius 2 is 1.60 bits per heavy atom. The highest BCUT2D eigenvalue weighted by Crippen LogP contribution is 2.25. The van der Waals surface area contributed by atoms with Crippen LogP contribution in [0.2, 0.25) is 0 Å². The standard InChI is InChI=1S/C22H29NO2/c1-7-20(21(24)23-18-13-15(2)12-16(3)14-18)25-19-10-8-17(9-11-19)22(4,5)6/h8-14,20H,7H2,1-6H3,(H,23,24)/t20-/m1/s1. The minimum Gasteiger partial charge on any atom is -0.481 e. The summed E-state index contributed by atoms with van der Waals surface area (Å²) in [5, 5.41) is 2.97. The maximum absolute atomic E-state index is 12.6. The van der Waals surface area contributed by atoms with Gasteiger partial charge in [-0.05, 0) is 66.6 Å². The van der Waals surface area contributed by atoms with Crippen molar-refractivity contribution in [2.75, 3.05) is 5.32 Å². The van der Waals surface area contributed by atoms with Gasteiger partial charge in [-0.3, -0.25) is 4.79 Å². The van der Waals surface area contributed by atoms with Crippen LogP contribution in [-0.4, -0.2) is 12.0 Å². The molecule has 0 saturated carbocycles. The maximum atomic E-state index is 12.6. The Hall–Kier alpha value is -2.29. The van der Waals surface area contributed by atoms with Crippen molar-refractivity contribution in [3.63, 3.8) is 0 Å². The van der Waals surface area contributed by atoms with E-state index in [4.69, 9.17) is 4.74 Å². The zero-order chi connectivity index (χ0) is 18.6. The van der Waals surface area contributed by atoms with Crippen LogP contribution in [0, 0.1) is 13.8 Å². The molecule has 25 heavy (non-hydrogen) atoms. The van der Waals surface area contributed by atoms with E-state index in [1.54, 1.807) is 0 Å². The molecule has 0 aliphatic heterocycles. The molecule has 0 spiro atoms. The summed E-state index contributed by atoms with van der Waals surface area (Å²) in [6.07, 6.45) is 0.0961. The van der Waals surface area contributed by atoms with E-state index in [-0.39, 0.29) is 11.3 Å². The van der Waals surface area contributed by atoms with E-state index in [1.165, 1.54) is 5.56 Å². The third-order valence-corrected chi connectivity index (χ3v) is 4.15. The zero-order valence-electron chi connectivity index (χ0n) is 16.1. The minimum absolute atomic E-state index is 0.100. The van der Waals surface area contributed by atoms with E-state index < -0.39 is 6.10 Å². The number of aryl methyl sites for hydroxylation is 2. The Kier molecular flexibility index (Phi) is 5.89. The molecule has 1 atom stereocenters. The van der Waals surface area contributed by atoms with Crippen LogP contribution in [0.5, 0.6) is 5.75 Å². The highest BCUT2D eigenvalue weighted by Gasteiger charge is 2.19. The molecule has 0 aliphatic carbocycles. The number of nitrogens with one attached hydrogen (secondary N) is 1. The average Bonchev–Trinajstić information content (AvgIpc) is 2.51. The molecule has 0 radical (unpaired) electrons. The van der Waals surface area contributed by atoms with Crippen molar-refractivity contribution in [1.29, 1.82) is 0 Å². The molecule has 2 rings (SSSR count). The number of amides is 1. The van der Waals surface area contributed by atoms with Crippen LogP contribution in [-0.2, 0) is 10.2 Å². The second-order valence-corrected chi connectivity index (χ2v) is 7.65. The number of rotatable bonds is 5. The van der Waals surface area contributed by atoms with E-state index in [1.807, 2.05) is 45.0 Å². The molecular formula is C22H29NO2. The molecule has 2 aromatic carbocycles. The lowest BCUT2D eigenvalue weighted by Crippen LogP contribution is -2.32. The van der Waals surface area contributed by atoms with Gasteiger partial charge in [0, 0.05) is 5.69 Å². The van der Waals surface area contributed by atoms with Crippen LogP contribution in [0.4, 0.5) is 5.69 Å². The van der Waals surface area contributed by atoms with Gasteiger partial charge < -0.3 is 10.1 Å². The van der Waals surface area contributed by atoms with Gasteiger partial charge in [-0.1, -0.05) is 45.9 Å². The molecular weight excluding hydrogens is 310 g/mol. The quantitative estimate of drug-likeness (QED) is 0.792. The molecule has 2 aromatic rings. The Bertz CT molecular complexity index is 706. The fourth-order valence-corrected chi connectivity index (χ4v) is 2.79. The molecule has 0 bridgehead atoms. The van der Waals surface area contributed by atoms with Crippen LogP contribution in [0.1, 0.15) is 50.8 Å². The molecule has 0 heterocycles. The van der Waals surface area contributed by atoms with Crippen LogP contribution in [0.3, 0.4) is 0 Å². The highest BCUT2D eigenvalue weighted by molar-refractivity contribution is 5.94. The Balaban J connectivity index is 2.07. The monoisotopic (exact) mass is 339 g/mol. The third kappa shape index (κ3) is 5.35. The summed E-state index contributed by atoms with van der Waals surface area (Å²) in [5.41, 5.74) is 4.41. The first kappa shape index (κ1) is 19.0. The Labute approximate surface area is 151 Å². The molecule has 1 N–H and O–H groups in total. The molecule has 1 amide bonds. The molecule has 0 aliphatic rings. The number of benzene rings is 2. The molecule has 0 saturated heterocycles. The van der Waals surface area contributed by atoms with Gasteiger partial charge in [-0.25, -0.2) is 0 Å². The lowest BCUT2D eigenvalue weighted by atomic mass is 9.87. The van der Waals surface area contributed by atoms with E-state index >= 15 is 0 Å². The summed E-state index contributed by atoms with van der Waals surface area (Å²) >= 11 is 0. The molecule has 0 aromatic heterocycles. The zero-order valence-corrected chi connectivity index (χ0v) is 16.1. The summed E-state index contributed by atoms with van der Waals surface area (Å²) in [6.45, 7) is 12.5. The normalized spacial score (nSPS) is 12.6. The van der Waals surface area contributed by atoms with E-state index in [0.29, 0.717) is 6.42 Å². The number of carbonyl (C=O) groups excluding carboxylic acids is 1. The van der Waals surface area contributed by atoms with Gasteiger partial charge in [0.25, 0.3) is 5.91 Å². The van der Waals surface area contributed by atoms with Gasteiger partial charge in [0.05, 0.1) is 0 Å². The van der Waals surface area contributed by atoms with E-state index in [9.17, 15) is 4.79 Å². The van der Waals surface area contributed by atoms with Gasteiger partial charge in [0.2, 0.25) is 0 Å². The Morgan fingerprint density at radius 3 is 2.08 bits per heavy atom. The van der Waals surface area contributed by atoms with Crippen molar-refractivity contribution in [3.8, 4) is 5.75 Å². The predicted molar refractivity (Wildman–Crippen MR) is 104 cm³/mol. The van der Waals surface area contributed by atoms with Crippen molar-refractivity contribution < 1.29 is 9.53 Å². The number of hydrogen-bond donors (Lipinski definition) is 1. The van der Waals surface area contributed by atoms with Crippen molar-refractivity contribution in [1.82, 2.24) is 0 Å². The first-order valence-corrected chi connectivity index (χ1v) is 8.85. The maximum Gasteiger partial charge on any atom is 0.265 e. The largest absolute Gasteiger partial charge is 0.481 e. The summed E-state index contributed by atoms with van der Waals surface area (Å²) in [6, 6.07) is 14.0. The highest BCUT2D eigenvalue weighted by atomic mass is 16.5. The van der Waals surface area contributed by atoms with Gasteiger partial charge >= 0.3 is 0 Å². The molecule has 134 valence electrons. The van der Waals surface area contributed by atoms with Crippen molar-refractivity contribution >= 4 is 11.6 Å². The first-order chi connectivity index (χ1) is 11.7. The van der Waals surface area contributed by atoms with Gasteiger partial charge in [-0.2, -0.15) is 0 Å². The van der Waals surface area contributed by atoms with Crippen molar-refractivity contribution in [3.05, 3.63) is 59.2 Å². The molecule has 3 nitrogen and oxygen atoms in total. The minimum atomic E-state index is -0.513. The fraction of sp³-hybridized carbons (Fsp3) is 0.409. The summed E-state index contributed by atoms with van der Waals surface area (Å²) < 4.78 is 5.91. The summed E-state index contributed by atoms with van der Waals surface area (Å²) in [7, 11) is 0. The lowest BCUT2D eigenvalue weighted by molar-refractivity contribution is -0.122. The van der Waals surface area contributed by atoms with Crippen molar-refractivity contribution in [2.45, 2.75) is 59.5 Å². The first-order valence-electron chi connectivity index (χ1n) is 8.85. The van der Waals surface area contributed by atoms with Gasteiger partial charge in [0.15, 0.2) is 6.10 Å². The summed E-state index contributed by atoms with van der Waals surface area (Å²) in [4.78, 5) is 12.6. The second-order valence-electron chi connectivity index (χ2n) is 7.65. The molecule has 0 fully saturated rings. The van der Waals surface area contributed by atoms with E-state index in [2.05, 4.69) is 44.3 Å².